The third-order valence-electron chi connectivity index (χ3n) is 3.69. The predicted octanol–water partition coefficient (Wildman–Crippen LogP) is 4.20. The van der Waals surface area contributed by atoms with Crippen molar-refractivity contribution >= 4 is 28.7 Å². The summed E-state index contributed by atoms with van der Waals surface area (Å²) in [6, 6.07) is 13.3. The van der Waals surface area contributed by atoms with E-state index in [4.69, 9.17) is 16.3 Å². The lowest BCUT2D eigenvalue weighted by Crippen LogP contribution is -1.90. The highest BCUT2D eigenvalue weighted by atomic mass is 35.5. The molecule has 0 aliphatic carbocycles. The number of ether oxygens (including phenoxy) is 1. The molecular formula is C18H17ClN2O2. The number of rotatable bonds is 5. The van der Waals surface area contributed by atoms with Crippen LogP contribution in [0.5, 0.6) is 11.6 Å². The molecule has 1 aromatic heterocycles. The number of H-pyrrole nitrogens is 1. The predicted molar refractivity (Wildman–Crippen MR) is 94.1 cm³/mol. The maximum Gasteiger partial charge on any atom is 0.198 e. The number of fused-ring (bicyclic) bond motifs is 1. The smallest absolute Gasteiger partial charge is 0.198 e. The van der Waals surface area contributed by atoms with Crippen molar-refractivity contribution in [2.45, 2.75) is 6.42 Å². The number of aromatic hydroxyl groups is 1. The summed E-state index contributed by atoms with van der Waals surface area (Å²) >= 11 is 5.87. The molecule has 2 aromatic carbocycles. The molecule has 0 saturated carbocycles. The summed E-state index contributed by atoms with van der Waals surface area (Å²) in [6.45, 7) is 0.637. The second-order valence-electron chi connectivity index (χ2n) is 5.21. The van der Waals surface area contributed by atoms with Crippen molar-refractivity contribution in [1.29, 1.82) is 0 Å². The number of halogens is 1. The van der Waals surface area contributed by atoms with Crippen molar-refractivity contribution in [3.63, 3.8) is 0 Å². The summed E-state index contributed by atoms with van der Waals surface area (Å²) in [6.07, 6.45) is 2.52. The molecule has 3 rings (SSSR count). The van der Waals surface area contributed by atoms with Crippen molar-refractivity contribution in [1.82, 2.24) is 4.98 Å². The van der Waals surface area contributed by atoms with Crippen LogP contribution in [0.2, 0.25) is 5.02 Å². The molecule has 5 heteroatoms. The Balaban J connectivity index is 1.75. The minimum atomic E-state index is 0.114. The first-order chi connectivity index (χ1) is 11.2. The largest absolute Gasteiger partial charge is 0.497 e. The van der Waals surface area contributed by atoms with Crippen LogP contribution in [-0.2, 0) is 6.42 Å². The van der Waals surface area contributed by atoms with Gasteiger partial charge in [-0.2, -0.15) is 0 Å². The Morgan fingerprint density at radius 2 is 2.00 bits per heavy atom. The molecule has 0 radical (unpaired) electrons. The second-order valence-corrected chi connectivity index (χ2v) is 5.65. The van der Waals surface area contributed by atoms with Gasteiger partial charge in [-0.25, -0.2) is 0 Å². The molecule has 0 saturated heterocycles. The van der Waals surface area contributed by atoms with Gasteiger partial charge in [-0.05, 0) is 42.3 Å². The van der Waals surface area contributed by atoms with Gasteiger partial charge in [0.1, 0.15) is 5.75 Å². The molecule has 0 spiro atoms. The standard InChI is InChI=1S/C18H17ClN2O2/c1-23-14-6-7-17-15(10-14)16(18(22)21-17)11-20-9-8-12-2-4-13(19)5-3-12/h2-7,10-11,21-22H,8-9H2,1H3. The van der Waals surface area contributed by atoms with E-state index in [1.54, 1.807) is 13.3 Å². The van der Waals surface area contributed by atoms with E-state index in [1.165, 1.54) is 5.56 Å². The average Bonchev–Trinajstić information content (AvgIpc) is 2.88. The molecule has 2 N–H and O–H groups in total. The molecule has 0 aliphatic heterocycles. The van der Waals surface area contributed by atoms with Crippen LogP contribution < -0.4 is 4.74 Å². The fraction of sp³-hybridized carbons (Fsp3) is 0.167. The quantitative estimate of drug-likeness (QED) is 0.690. The lowest BCUT2D eigenvalue weighted by atomic mass is 10.1. The van der Waals surface area contributed by atoms with Crippen LogP contribution in [0.15, 0.2) is 47.5 Å². The Kier molecular flexibility index (Phi) is 4.53. The van der Waals surface area contributed by atoms with Gasteiger partial charge >= 0.3 is 0 Å². The van der Waals surface area contributed by atoms with Crippen LogP contribution in [0.4, 0.5) is 0 Å². The third-order valence-corrected chi connectivity index (χ3v) is 3.94. The molecule has 118 valence electrons. The lowest BCUT2D eigenvalue weighted by Gasteiger charge is -2.00. The highest BCUT2D eigenvalue weighted by Gasteiger charge is 2.09. The Hall–Kier alpha value is -2.46. The van der Waals surface area contributed by atoms with E-state index in [9.17, 15) is 5.11 Å². The number of hydrogen-bond acceptors (Lipinski definition) is 3. The highest BCUT2D eigenvalue weighted by Crippen LogP contribution is 2.28. The zero-order valence-corrected chi connectivity index (χ0v) is 13.5. The minimum absolute atomic E-state index is 0.114. The second kappa shape index (κ2) is 6.75. The summed E-state index contributed by atoms with van der Waals surface area (Å²) in [5, 5.41) is 11.7. The van der Waals surface area contributed by atoms with Crippen molar-refractivity contribution in [2.24, 2.45) is 4.99 Å². The van der Waals surface area contributed by atoms with E-state index in [0.717, 1.165) is 28.1 Å². The first-order valence-electron chi connectivity index (χ1n) is 7.30. The first kappa shape index (κ1) is 15.4. The van der Waals surface area contributed by atoms with Crippen LogP contribution in [0.25, 0.3) is 10.9 Å². The van der Waals surface area contributed by atoms with Gasteiger partial charge in [0.15, 0.2) is 5.88 Å². The summed E-state index contributed by atoms with van der Waals surface area (Å²) in [7, 11) is 1.62. The average molecular weight is 329 g/mol. The molecule has 3 aromatic rings. The number of aromatic nitrogens is 1. The van der Waals surface area contributed by atoms with E-state index in [1.807, 2.05) is 42.5 Å². The molecule has 0 aliphatic rings. The third kappa shape index (κ3) is 3.48. The molecule has 1 heterocycles. The first-order valence-corrected chi connectivity index (χ1v) is 7.68. The molecule has 0 amide bonds. The van der Waals surface area contributed by atoms with Crippen LogP contribution in [0, 0.1) is 0 Å². The number of nitrogens with zero attached hydrogens (tertiary/aromatic N) is 1. The lowest BCUT2D eigenvalue weighted by molar-refractivity contribution is 0.415. The van der Waals surface area contributed by atoms with Gasteiger partial charge < -0.3 is 14.8 Å². The Morgan fingerprint density at radius 3 is 2.74 bits per heavy atom. The van der Waals surface area contributed by atoms with Gasteiger partial charge in [0.25, 0.3) is 0 Å². The van der Waals surface area contributed by atoms with E-state index in [2.05, 4.69) is 9.98 Å². The summed E-state index contributed by atoms with van der Waals surface area (Å²) in [4.78, 5) is 7.36. The molecule has 0 bridgehead atoms. The maximum absolute atomic E-state index is 10.0. The molecule has 0 fully saturated rings. The van der Waals surface area contributed by atoms with Gasteiger partial charge in [0, 0.05) is 28.7 Å². The number of aliphatic imine (C=N–C) groups is 1. The van der Waals surface area contributed by atoms with E-state index < -0.39 is 0 Å². The normalized spacial score (nSPS) is 11.4. The van der Waals surface area contributed by atoms with E-state index in [0.29, 0.717) is 12.1 Å². The topological polar surface area (TPSA) is 57.6 Å². The van der Waals surface area contributed by atoms with Gasteiger partial charge in [0.05, 0.1) is 12.7 Å². The van der Waals surface area contributed by atoms with Crippen molar-refractivity contribution in [3.05, 3.63) is 58.6 Å². The van der Waals surface area contributed by atoms with Gasteiger partial charge in [-0.1, -0.05) is 23.7 Å². The van der Waals surface area contributed by atoms with Crippen LogP contribution in [0.3, 0.4) is 0 Å². The van der Waals surface area contributed by atoms with Crippen LogP contribution in [0.1, 0.15) is 11.1 Å². The van der Waals surface area contributed by atoms with Crippen molar-refractivity contribution in [3.8, 4) is 11.6 Å². The van der Waals surface area contributed by atoms with E-state index >= 15 is 0 Å². The Bertz CT molecular complexity index is 838. The van der Waals surface area contributed by atoms with Crippen molar-refractivity contribution in [2.75, 3.05) is 13.7 Å². The highest BCUT2D eigenvalue weighted by molar-refractivity contribution is 6.30. The van der Waals surface area contributed by atoms with E-state index in [-0.39, 0.29) is 5.88 Å². The van der Waals surface area contributed by atoms with Gasteiger partial charge in [0.2, 0.25) is 0 Å². The summed E-state index contributed by atoms with van der Waals surface area (Å²) in [5.74, 6) is 0.857. The van der Waals surface area contributed by atoms with Gasteiger partial charge in [-0.3, -0.25) is 4.99 Å². The molecule has 0 atom stereocenters. The number of benzene rings is 2. The fourth-order valence-electron chi connectivity index (χ4n) is 2.44. The molecule has 0 unspecified atom stereocenters. The number of nitrogens with one attached hydrogen (secondary N) is 1. The van der Waals surface area contributed by atoms with Crippen LogP contribution in [-0.4, -0.2) is 30.0 Å². The Labute approximate surface area is 139 Å². The number of hydrogen-bond donors (Lipinski definition) is 2. The van der Waals surface area contributed by atoms with Gasteiger partial charge in [-0.15, -0.1) is 0 Å². The zero-order chi connectivity index (χ0) is 16.2. The van der Waals surface area contributed by atoms with Crippen molar-refractivity contribution < 1.29 is 9.84 Å². The summed E-state index contributed by atoms with van der Waals surface area (Å²) < 4.78 is 5.23. The minimum Gasteiger partial charge on any atom is -0.497 e. The maximum atomic E-state index is 10.0. The SMILES string of the molecule is COc1ccc2[nH]c(O)c(C=NCCc3ccc(Cl)cc3)c2c1. The van der Waals surface area contributed by atoms with Crippen LogP contribution >= 0.6 is 11.6 Å². The number of methoxy groups -OCH3 is 1. The monoisotopic (exact) mass is 328 g/mol. The fourth-order valence-corrected chi connectivity index (χ4v) is 2.56. The summed E-state index contributed by atoms with van der Waals surface area (Å²) in [5.41, 5.74) is 2.70. The number of aromatic amines is 1. The molecule has 23 heavy (non-hydrogen) atoms. The Morgan fingerprint density at radius 1 is 1.22 bits per heavy atom. The molecular weight excluding hydrogens is 312 g/mol. The zero-order valence-electron chi connectivity index (χ0n) is 12.7. The molecule has 4 nitrogen and oxygen atoms in total.